The summed E-state index contributed by atoms with van der Waals surface area (Å²) in [6.45, 7) is 7.10. The number of amides is 2. The first-order valence-electron chi connectivity index (χ1n) is 10.7. The maximum absolute atomic E-state index is 12.7. The number of benzene rings is 2. The Morgan fingerprint density at radius 3 is 1.91 bits per heavy atom. The fourth-order valence-corrected chi connectivity index (χ4v) is 3.22. The number of ether oxygens (including phenoxy) is 2. The third-order valence-corrected chi connectivity index (χ3v) is 4.58. The van der Waals surface area contributed by atoms with Crippen molar-refractivity contribution in [2.24, 2.45) is 0 Å². The van der Waals surface area contributed by atoms with E-state index < -0.39 is 29.6 Å². The minimum atomic E-state index is -1.49. The van der Waals surface area contributed by atoms with Crippen LogP contribution < -0.4 is 10.6 Å². The highest BCUT2D eigenvalue weighted by Crippen LogP contribution is 2.27. The maximum atomic E-state index is 12.7. The molecule has 32 heavy (non-hydrogen) atoms. The maximum Gasteiger partial charge on any atom is 0.408 e. The van der Waals surface area contributed by atoms with Gasteiger partial charge in [0.25, 0.3) is 5.91 Å². The molecule has 1 atom stereocenters. The Morgan fingerprint density at radius 2 is 1.44 bits per heavy atom. The summed E-state index contributed by atoms with van der Waals surface area (Å²) in [5.41, 5.74) is 1.49. The number of carbonyl (C=O) groups is 3. The Hall–Kier alpha value is -3.35. The first-order valence-corrected chi connectivity index (χ1v) is 10.7. The molecule has 0 spiro atoms. The van der Waals surface area contributed by atoms with E-state index >= 15 is 0 Å². The zero-order valence-electron chi connectivity index (χ0n) is 19.1. The van der Waals surface area contributed by atoms with E-state index in [9.17, 15) is 14.4 Å². The molecular weight excluding hydrogens is 408 g/mol. The van der Waals surface area contributed by atoms with E-state index in [1.165, 1.54) is 0 Å². The summed E-state index contributed by atoms with van der Waals surface area (Å²) in [5, 5.41) is 5.06. The van der Waals surface area contributed by atoms with Gasteiger partial charge in [-0.3, -0.25) is 10.1 Å². The monoisotopic (exact) mass is 440 g/mol. The van der Waals surface area contributed by atoms with Gasteiger partial charge in [0.1, 0.15) is 5.60 Å². The Balaban J connectivity index is 2.06. The van der Waals surface area contributed by atoms with Crippen LogP contribution >= 0.6 is 0 Å². The zero-order chi connectivity index (χ0) is 23.6. The van der Waals surface area contributed by atoms with Gasteiger partial charge in [0.2, 0.25) is 6.04 Å². The van der Waals surface area contributed by atoms with Crippen LogP contribution in [0.2, 0.25) is 0 Å². The third-order valence-electron chi connectivity index (χ3n) is 4.58. The van der Waals surface area contributed by atoms with Crippen molar-refractivity contribution in [1.82, 2.24) is 10.6 Å². The van der Waals surface area contributed by atoms with Crippen LogP contribution in [0.1, 0.15) is 51.2 Å². The highest BCUT2D eigenvalue weighted by molar-refractivity contribution is 6.04. The smallest absolute Gasteiger partial charge is 0.408 e. The van der Waals surface area contributed by atoms with Crippen molar-refractivity contribution in [2.45, 2.75) is 51.7 Å². The molecule has 0 aliphatic rings. The average Bonchev–Trinajstić information content (AvgIpc) is 2.75. The lowest BCUT2D eigenvalue weighted by Gasteiger charge is -2.23. The van der Waals surface area contributed by atoms with Crippen molar-refractivity contribution in [3.8, 4) is 0 Å². The second-order valence-corrected chi connectivity index (χ2v) is 8.28. The number of nitrogens with one attached hydrogen (secondary N) is 2. The Morgan fingerprint density at radius 1 is 0.906 bits per heavy atom. The first-order chi connectivity index (χ1) is 15.2. The Labute approximate surface area is 189 Å². The molecule has 7 nitrogen and oxygen atoms in total. The van der Waals surface area contributed by atoms with E-state index in [1.54, 1.807) is 27.7 Å². The molecule has 0 aromatic heterocycles. The molecular formula is C25H32N2O5. The predicted molar refractivity (Wildman–Crippen MR) is 122 cm³/mol. The van der Waals surface area contributed by atoms with Gasteiger partial charge < -0.3 is 14.8 Å². The second kappa shape index (κ2) is 11.9. The molecule has 2 aromatic rings. The van der Waals surface area contributed by atoms with Crippen molar-refractivity contribution in [1.29, 1.82) is 0 Å². The highest BCUT2D eigenvalue weighted by atomic mass is 16.6. The van der Waals surface area contributed by atoms with Crippen molar-refractivity contribution in [2.75, 3.05) is 13.2 Å². The van der Waals surface area contributed by atoms with Gasteiger partial charge in [-0.25, -0.2) is 9.59 Å². The fourth-order valence-electron chi connectivity index (χ4n) is 3.22. The Bertz CT molecular complexity index is 839. The summed E-state index contributed by atoms with van der Waals surface area (Å²) in [6, 6.07) is 18.5. The predicted octanol–water partition coefficient (Wildman–Crippen LogP) is 3.78. The number of carbonyl (C=O) groups excluding carboxylic acids is 3. The quantitative estimate of drug-likeness (QED) is 0.457. The van der Waals surface area contributed by atoms with E-state index in [0.717, 1.165) is 11.1 Å². The van der Waals surface area contributed by atoms with Crippen molar-refractivity contribution >= 4 is 18.0 Å². The van der Waals surface area contributed by atoms with E-state index in [2.05, 4.69) is 10.6 Å². The molecule has 0 heterocycles. The lowest BCUT2D eigenvalue weighted by molar-refractivity contribution is -0.149. The Kier molecular flexibility index (Phi) is 9.25. The average molecular weight is 441 g/mol. The summed E-state index contributed by atoms with van der Waals surface area (Å²) >= 11 is 0. The van der Waals surface area contributed by atoms with Crippen LogP contribution in [0.5, 0.6) is 0 Å². The summed E-state index contributed by atoms with van der Waals surface area (Å²) in [7, 11) is 0. The number of hydrogen-bond acceptors (Lipinski definition) is 5. The van der Waals surface area contributed by atoms with Crippen molar-refractivity contribution < 1.29 is 23.9 Å². The molecule has 0 aliphatic heterocycles. The molecule has 2 N–H and O–H groups in total. The molecule has 2 amide bonds. The van der Waals surface area contributed by atoms with Crippen molar-refractivity contribution in [3.05, 3.63) is 71.8 Å². The number of alkyl carbamates (subject to hydrolysis) is 1. The fraction of sp³-hybridized carbons (Fsp3) is 0.400. The van der Waals surface area contributed by atoms with Gasteiger partial charge in [-0.05, 0) is 45.2 Å². The number of esters is 1. The van der Waals surface area contributed by atoms with Crippen LogP contribution in [0, 0.1) is 0 Å². The lowest BCUT2D eigenvalue weighted by Crippen LogP contribution is -2.53. The number of hydrogen-bond donors (Lipinski definition) is 2. The van der Waals surface area contributed by atoms with Crippen LogP contribution in [0.3, 0.4) is 0 Å². The molecule has 0 fully saturated rings. The largest absolute Gasteiger partial charge is 0.464 e. The molecule has 0 bridgehead atoms. The molecule has 172 valence electrons. The molecule has 0 radical (unpaired) electrons. The molecule has 7 heteroatoms. The molecule has 2 aromatic carbocycles. The van der Waals surface area contributed by atoms with Gasteiger partial charge in [0.05, 0.1) is 6.61 Å². The van der Waals surface area contributed by atoms with E-state index in [1.807, 2.05) is 60.7 Å². The minimum Gasteiger partial charge on any atom is -0.464 e. The third kappa shape index (κ3) is 8.06. The SMILES string of the molecule is CCOC(=O)[C@@H](NC(=O)OC(C)(C)C)C(=O)NCCC(c1ccccc1)c1ccccc1. The molecule has 0 saturated carbocycles. The molecule has 0 saturated heterocycles. The van der Waals surface area contributed by atoms with Crippen LogP contribution in [0.4, 0.5) is 4.79 Å². The van der Waals surface area contributed by atoms with Gasteiger partial charge >= 0.3 is 12.1 Å². The van der Waals surface area contributed by atoms with Gasteiger partial charge in [0, 0.05) is 12.5 Å². The van der Waals surface area contributed by atoms with Gasteiger partial charge in [0.15, 0.2) is 0 Å². The lowest BCUT2D eigenvalue weighted by atomic mass is 9.88. The van der Waals surface area contributed by atoms with Crippen LogP contribution in [-0.2, 0) is 19.1 Å². The summed E-state index contributed by atoms with van der Waals surface area (Å²) < 4.78 is 10.1. The zero-order valence-corrected chi connectivity index (χ0v) is 19.1. The summed E-state index contributed by atoms with van der Waals surface area (Å²) in [6.07, 6.45) is -0.251. The normalized spacial score (nSPS) is 12.0. The van der Waals surface area contributed by atoms with E-state index in [4.69, 9.17) is 9.47 Å². The standard InChI is InChI=1S/C25H32N2O5/c1-5-31-23(29)21(27-24(30)32-25(2,3)4)22(28)26-17-16-20(18-12-8-6-9-13-18)19-14-10-7-11-15-19/h6-15,20-21H,5,16-17H2,1-4H3,(H,26,28)(H,27,30)/t21-/m0/s1. The molecule has 2 rings (SSSR count). The summed E-state index contributed by atoms with van der Waals surface area (Å²) in [5.74, 6) is -1.41. The van der Waals surface area contributed by atoms with Gasteiger partial charge in [-0.15, -0.1) is 0 Å². The number of rotatable bonds is 9. The topological polar surface area (TPSA) is 93.7 Å². The van der Waals surface area contributed by atoms with Crippen LogP contribution in [0.25, 0.3) is 0 Å². The van der Waals surface area contributed by atoms with Gasteiger partial charge in [-0.2, -0.15) is 0 Å². The minimum absolute atomic E-state index is 0.0672. The second-order valence-electron chi connectivity index (χ2n) is 8.28. The highest BCUT2D eigenvalue weighted by Gasteiger charge is 2.31. The molecule has 0 unspecified atom stereocenters. The van der Waals surface area contributed by atoms with Crippen LogP contribution in [0.15, 0.2) is 60.7 Å². The van der Waals surface area contributed by atoms with E-state index in [-0.39, 0.29) is 12.5 Å². The van der Waals surface area contributed by atoms with Gasteiger partial charge in [-0.1, -0.05) is 60.7 Å². The summed E-state index contributed by atoms with van der Waals surface area (Å²) in [4.78, 5) is 37.1. The first kappa shape index (κ1) is 24.9. The molecule has 0 aliphatic carbocycles. The van der Waals surface area contributed by atoms with E-state index in [0.29, 0.717) is 13.0 Å². The van der Waals surface area contributed by atoms with Crippen molar-refractivity contribution in [3.63, 3.8) is 0 Å². The van der Waals surface area contributed by atoms with Crippen LogP contribution in [-0.4, -0.2) is 42.8 Å².